The molecule has 194 valence electrons. The van der Waals surface area contributed by atoms with Gasteiger partial charge in [-0.3, -0.25) is 4.90 Å². The minimum atomic E-state index is -0.976. The smallest absolute Gasteiger partial charge is 0.165 e. The summed E-state index contributed by atoms with van der Waals surface area (Å²) >= 11 is 0. The van der Waals surface area contributed by atoms with E-state index in [1.54, 1.807) is 25.3 Å². The zero-order valence-electron chi connectivity index (χ0n) is 21.2. The number of nitrogens with zero attached hydrogens (tertiary/aromatic N) is 3. The molecule has 1 N–H and O–H groups in total. The van der Waals surface area contributed by atoms with Crippen molar-refractivity contribution in [3.8, 4) is 17.2 Å². The molecule has 4 rings (SSSR count). The highest BCUT2D eigenvalue weighted by Crippen LogP contribution is 2.30. The second-order valence-corrected chi connectivity index (χ2v) is 9.30. The van der Waals surface area contributed by atoms with E-state index in [9.17, 15) is 9.50 Å². The van der Waals surface area contributed by atoms with Crippen molar-refractivity contribution < 1.29 is 23.7 Å². The van der Waals surface area contributed by atoms with Gasteiger partial charge in [0, 0.05) is 31.9 Å². The normalized spacial score (nSPS) is 18.6. The molecule has 0 bridgehead atoms. The van der Waals surface area contributed by atoms with Crippen molar-refractivity contribution in [3.05, 3.63) is 72.1 Å². The molecule has 1 fully saturated rings. The first-order chi connectivity index (χ1) is 17.5. The maximum atomic E-state index is 13.9. The van der Waals surface area contributed by atoms with Crippen molar-refractivity contribution in [3.63, 3.8) is 0 Å². The number of aryl methyl sites for hydroxylation is 1. The van der Waals surface area contributed by atoms with Gasteiger partial charge in [0.05, 0.1) is 19.3 Å². The first-order valence-electron chi connectivity index (χ1n) is 12.6. The van der Waals surface area contributed by atoms with Crippen LogP contribution in [0.5, 0.6) is 17.2 Å². The molecule has 7 nitrogen and oxygen atoms in total. The lowest BCUT2D eigenvalue weighted by Crippen LogP contribution is -2.37. The summed E-state index contributed by atoms with van der Waals surface area (Å²) in [6.45, 7) is 5.74. The Morgan fingerprint density at radius 3 is 2.72 bits per heavy atom. The van der Waals surface area contributed by atoms with Crippen molar-refractivity contribution in [2.24, 2.45) is 0 Å². The Balaban J connectivity index is 1.32. The van der Waals surface area contributed by atoms with E-state index in [1.165, 1.54) is 6.07 Å². The molecular formula is C28H36FN3O4. The lowest BCUT2D eigenvalue weighted by atomic mass is 9.96. The summed E-state index contributed by atoms with van der Waals surface area (Å²) in [6, 6.07) is 12.3. The summed E-state index contributed by atoms with van der Waals surface area (Å²) in [6.07, 6.45) is 6.67. The van der Waals surface area contributed by atoms with Crippen molar-refractivity contribution in [2.75, 3.05) is 33.4 Å². The van der Waals surface area contributed by atoms with Gasteiger partial charge in [0.25, 0.3) is 0 Å². The van der Waals surface area contributed by atoms with Gasteiger partial charge in [0.2, 0.25) is 0 Å². The van der Waals surface area contributed by atoms with Crippen LogP contribution >= 0.6 is 0 Å². The van der Waals surface area contributed by atoms with Gasteiger partial charge < -0.3 is 23.9 Å². The summed E-state index contributed by atoms with van der Waals surface area (Å²) in [5.41, 5.74) is 0.145. The van der Waals surface area contributed by atoms with E-state index >= 15 is 0 Å². The molecule has 0 unspecified atom stereocenters. The summed E-state index contributed by atoms with van der Waals surface area (Å²) in [4.78, 5) is 6.68. The average Bonchev–Trinajstić information content (AvgIpc) is 3.26. The van der Waals surface area contributed by atoms with Crippen LogP contribution in [0.4, 0.5) is 4.39 Å². The molecule has 3 aromatic rings. The SMILES string of the molecule is CCc1nccn1CCOc1cc(CN2CCC[C@@](O)(COc3ccccc3F)CC2)ccc1OC. The maximum absolute atomic E-state index is 13.9. The van der Waals surface area contributed by atoms with Crippen molar-refractivity contribution in [1.29, 1.82) is 0 Å². The molecule has 2 heterocycles. The van der Waals surface area contributed by atoms with Crippen LogP contribution in [0.25, 0.3) is 0 Å². The second kappa shape index (κ2) is 12.2. The van der Waals surface area contributed by atoms with Crippen LogP contribution in [0.3, 0.4) is 0 Å². The van der Waals surface area contributed by atoms with Crippen LogP contribution < -0.4 is 14.2 Å². The second-order valence-electron chi connectivity index (χ2n) is 9.30. The van der Waals surface area contributed by atoms with E-state index in [0.717, 1.165) is 56.2 Å². The number of imidazole rings is 1. The van der Waals surface area contributed by atoms with Crippen LogP contribution in [0.2, 0.25) is 0 Å². The van der Waals surface area contributed by atoms with E-state index < -0.39 is 11.4 Å². The zero-order chi connectivity index (χ0) is 25.4. The van der Waals surface area contributed by atoms with Gasteiger partial charge in [0.1, 0.15) is 19.0 Å². The van der Waals surface area contributed by atoms with Gasteiger partial charge in [0.15, 0.2) is 23.1 Å². The predicted octanol–water partition coefficient (Wildman–Crippen LogP) is 4.47. The first kappa shape index (κ1) is 26.0. The maximum Gasteiger partial charge on any atom is 0.165 e. The fraction of sp³-hybridized carbons (Fsp3) is 0.464. The fourth-order valence-corrected chi connectivity index (χ4v) is 4.61. The third kappa shape index (κ3) is 6.77. The largest absolute Gasteiger partial charge is 0.493 e. The molecule has 2 aromatic carbocycles. The number of methoxy groups -OCH3 is 1. The number of aromatic nitrogens is 2. The van der Waals surface area contributed by atoms with Crippen LogP contribution in [0, 0.1) is 5.82 Å². The molecule has 8 heteroatoms. The van der Waals surface area contributed by atoms with Gasteiger partial charge in [-0.25, -0.2) is 9.37 Å². The fourth-order valence-electron chi connectivity index (χ4n) is 4.61. The highest BCUT2D eigenvalue weighted by molar-refractivity contribution is 5.43. The molecule has 1 aliphatic heterocycles. The highest BCUT2D eigenvalue weighted by atomic mass is 19.1. The van der Waals surface area contributed by atoms with E-state index in [1.807, 2.05) is 24.5 Å². The molecule has 1 aromatic heterocycles. The molecule has 0 aliphatic carbocycles. The van der Waals surface area contributed by atoms with Crippen LogP contribution in [-0.2, 0) is 19.5 Å². The third-order valence-corrected chi connectivity index (χ3v) is 6.68. The van der Waals surface area contributed by atoms with Crippen molar-refractivity contribution >= 4 is 0 Å². The van der Waals surface area contributed by atoms with Crippen LogP contribution in [-0.4, -0.2) is 58.6 Å². The Labute approximate surface area is 212 Å². The highest BCUT2D eigenvalue weighted by Gasteiger charge is 2.31. The topological polar surface area (TPSA) is 69.0 Å². The summed E-state index contributed by atoms with van der Waals surface area (Å²) < 4.78 is 33.2. The third-order valence-electron chi connectivity index (χ3n) is 6.68. The Hall–Kier alpha value is -3.10. The number of hydrogen-bond acceptors (Lipinski definition) is 6. The minimum Gasteiger partial charge on any atom is -0.493 e. The number of para-hydroxylation sites is 1. The molecule has 0 spiro atoms. The van der Waals surface area contributed by atoms with Gasteiger partial charge in [-0.15, -0.1) is 0 Å². The monoisotopic (exact) mass is 497 g/mol. The number of hydrogen-bond donors (Lipinski definition) is 1. The molecule has 36 heavy (non-hydrogen) atoms. The lowest BCUT2D eigenvalue weighted by molar-refractivity contribution is -0.0177. The van der Waals surface area contributed by atoms with Gasteiger partial charge >= 0.3 is 0 Å². The quantitative estimate of drug-likeness (QED) is 0.422. The Morgan fingerprint density at radius 2 is 1.92 bits per heavy atom. The number of aliphatic hydroxyl groups is 1. The number of benzene rings is 2. The summed E-state index contributed by atoms with van der Waals surface area (Å²) in [5, 5.41) is 11.1. The molecule has 0 amide bonds. The average molecular weight is 498 g/mol. The Kier molecular flexibility index (Phi) is 8.83. The van der Waals surface area contributed by atoms with Crippen LogP contribution in [0.15, 0.2) is 54.9 Å². The predicted molar refractivity (Wildman–Crippen MR) is 136 cm³/mol. The molecule has 0 saturated carbocycles. The molecular weight excluding hydrogens is 461 g/mol. The molecule has 0 radical (unpaired) electrons. The Bertz CT molecular complexity index is 1120. The van der Waals surface area contributed by atoms with Crippen molar-refractivity contribution in [2.45, 2.75) is 51.3 Å². The number of likely N-dealkylation sites (tertiary alicyclic amines) is 1. The minimum absolute atomic E-state index is 0.0823. The van der Waals surface area contributed by atoms with Crippen LogP contribution in [0.1, 0.15) is 37.6 Å². The summed E-state index contributed by atoms with van der Waals surface area (Å²) in [7, 11) is 1.64. The number of ether oxygens (including phenoxy) is 3. The molecule has 1 atom stereocenters. The van der Waals surface area contributed by atoms with Gasteiger partial charge in [-0.05, 0) is 55.6 Å². The standard InChI is InChI=1S/C28H36FN3O4/c1-3-27-30-13-16-32(27)17-18-35-26-19-22(9-10-25(26)34-2)20-31-14-6-11-28(33,12-15-31)21-36-24-8-5-4-7-23(24)29/h4-5,7-10,13,16,19,33H,3,6,11-12,14-15,17-18,20-21H2,1-2H3/t28-/m0/s1. The lowest BCUT2D eigenvalue weighted by Gasteiger charge is -2.27. The van der Waals surface area contributed by atoms with Gasteiger partial charge in [-0.2, -0.15) is 0 Å². The van der Waals surface area contributed by atoms with E-state index in [-0.39, 0.29) is 12.4 Å². The Morgan fingerprint density at radius 1 is 1.06 bits per heavy atom. The van der Waals surface area contributed by atoms with E-state index in [0.29, 0.717) is 25.2 Å². The number of rotatable bonds is 11. The first-order valence-corrected chi connectivity index (χ1v) is 12.6. The molecule has 1 aliphatic rings. The van der Waals surface area contributed by atoms with Gasteiger partial charge in [-0.1, -0.05) is 25.1 Å². The summed E-state index contributed by atoms with van der Waals surface area (Å²) in [5.74, 6) is 2.23. The zero-order valence-corrected chi connectivity index (χ0v) is 21.2. The van der Waals surface area contributed by atoms with Crippen molar-refractivity contribution in [1.82, 2.24) is 14.5 Å². The molecule has 1 saturated heterocycles. The number of halogens is 1. The van der Waals surface area contributed by atoms with E-state index in [4.69, 9.17) is 14.2 Å². The van der Waals surface area contributed by atoms with E-state index in [2.05, 4.69) is 27.4 Å².